The van der Waals surface area contributed by atoms with Crippen LogP contribution in [0, 0.1) is 0 Å². The van der Waals surface area contributed by atoms with Gasteiger partial charge in [0.15, 0.2) is 0 Å². The molecular weight excluding hydrogens is 231 g/mol. The summed E-state index contributed by atoms with van der Waals surface area (Å²) in [5, 5.41) is 0.990. The van der Waals surface area contributed by atoms with Gasteiger partial charge >= 0.3 is 5.97 Å². The number of halogens is 2. The average molecular weight is 237 g/mol. The van der Waals surface area contributed by atoms with Crippen molar-refractivity contribution in [1.82, 2.24) is 0 Å². The van der Waals surface area contributed by atoms with Crippen molar-refractivity contribution < 1.29 is 8.98 Å². The molecule has 1 rings (SSSR count). The Morgan fingerprint density at radius 2 is 1.85 bits per heavy atom. The van der Waals surface area contributed by atoms with E-state index in [1.54, 1.807) is 18.2 Å². The first-order valence-corrected chi connectivity index (χ1v) is 4.53. The van der Waals surface area contributed by atoms with Crippen molar-refractivity contribution in [3.63, 3.8) is 0 Å². The lowest BCUT2D eigenvalue weighted by Gasteiger charge is -2.00. The van der Waals surface area contributed by atoms with E-state index in [9.17, 15) is 4.79 Å². The minimum Gasteiger partial charge on any atom is -0.394 e. The molecule has 0 saturated carbocycles. The summed E-state index contributed by atoms with van der Waals surface area (Å²) in [4.78, 5) is 10.8. The fraction of sp³-hybridized carbons (Fsp3) is 0.125. The van der Waals surface area contributed by atoms with Gasteiger partial charge in [-0.2, -0.15) is 0 Å². The molecule has 1 aromatic carbocycles. The first kappa shape index (κ1) is 10.7. The highest BCUT2D eigenvalue weighted by Gasteiger charge is 2.04. The van der Waals surface area contributed by atoms with Crippen LogP contribution in [0.3, 0.4) is 0 Å². The van der Waals surface area contributed by atoms with E-state index in [0.717, 1.165) is 0 Å². The molecule has 0 amide bonds. The monoisotopic (exact) mass is 236 g/mol. The first-order valence-electron chi connectivity index (χ1n) is 3.41. The summed E-state index contributed by atoms with van der Waals surface area (Å²) in [6, 6.07) is 4.90. The van der Waals surface area contributed by atoms with Crippen molar-refractivity contribution in [3.8, 4) is 0 Å². The number of hydrogen-bond acceptors (Lipinski definition) is 3. The Kier molecular flexibility index (Phi) is 3.90. The molecule has 0 aliphatic carbocycles. The SMILES string of the molecule is O=C(Cc1cc(Cl)cc(Cl)c1)OS. The van der Waals surface area contributed by atoms with Crippen LogP contribution in [-0.2, 0) is 15.4 Å². The molecular formula is C8H6Cl2O2S. The molecule has 0 aromatic heterocycles. The van der Waals surface area contributed by atoms with E-state index in [1.165, 1.54) is 0 Å². The summed E-state index contributed by atoms with van der Waals surface area (Å²) < 4.78 is 4.20. The van der Waals surface area contributed by atoms with E-state index in [4.69, 9.17) is 23.2 Å². The molecule has 0 spiro atoms. The number of carbonyl (C=O) groups excluding carboxylic acids is 1. The van der Waals surface area contributed by atoms with Gasteiger partial charge in [0.05, 0.1) is 6.42 Å². The minimum atomic E-state index is -0.443. The van der Waals surface area contributed by atoms with E-state index in [0.29, 0.717) is 15.6 Å². The van der Waals surface area contributed by atoms with Gasteiger partial charge < -0.3 is 4.18 Å². The minimum absolute atomic E-state index is 0.115. The lowest BCUT2D eigenvalue weighted by molar-refractivity contribution is -0.132. The van der Waals surface area contributed by atoms with Gasteiger partial charge in [-0.15, -0.1) is 0 Å². The third-order valence-corrected chi connectivity index (χ3v) is 2.01. The lowest BCUT2D eigenvalue weighted by Crippen LogP contribution is -2.01. The highest BCUT2D eigenvalue weighted by molar-refractivity contribution is 7.75. The third kappa shape index (κ3) is 3.46. The second-order valence-corrected chi connectivity index (χ2v) is 3.47. The van der Waals surface area contributed by atoms with Gasteiger partial charge in [0.1, 0.15) is 0 Å². The Morgan fingerprint density at radius 1 is 1.31 bits per heavy atom. The van der Waals surface area contributed by atoms with Crippen LogP contribution in [0.2, 0.25) is 10.0 Å². The van der Waals surface area contributed by atoms with Crippen LogP contribution in [0.15, 0.2) is 18.2 Å². The van der Waals surface area contributed by atoms with Crippen LogP contribution in [-0.4, -0.2) is 5.97 Å². The summed E-state index contributed by atoms with van der Waals surface area (Å²) >= 11 is 14.8. The van der Waals surface area contributed by atoms with E-state index in [1.807, 2.05) is 0 Å². The maximum Gasteiger partial charge on any atom is 0.322 e. The highest BCUT2D eigenvalue weighted by Crippen LogP contribution is 2.19. The number of carbonyl (C=O) groups is 1. The maximum atomic E-state index is 10.8. The summed E-state index contributed by atoms with van der Waals surface area (Å²) in [5.41, 5.74) is 0.705. The molecule has 0 aliphatic heterocycles. The van der Waals surface area contributed by atoms with Crippen LogP contribution < -0.4 is 0 Å². The molecule has 0 radical (unpaired) electrons. The van der Waals surface area contributed by atoms with Gasteiger partial charge in [-0.1, -0.05) is 23.2 Å². The van der Waals surface area contributed by atoms with Gasteiger partial charge in [0.25, 0.3) is 0 Å². The van der Waals surface area contributed by atoms with E-state index in [-0.39, 0.29) is 6.42 Å². The van der Waals surface area contributed by atoms with Crippen LogP contribution >= 0.6 is 36.1 Å². The molecule has 0 atom stereocenters. The van der Waals surface area contributed by atoms with E-state index >= 15 is 0 Å². The van der Waals surface area contributed by atoms with E-state index < -0.39 is 5.97 Å². The normalized spacial score (nSPS) is 9.77. The molecule has 0 heterocycles. The van der Waals surface area contributed by atoms with Gasteiger partial charge in [-0.25, -0.2) is 0 Å². The van der Waals surface area contributed by atoms with Gasteiger partial charge in [-0.05, 0) is 23.8 Å². The van der Waals surface area contributed by atoms with Crippen LogP contribution in [0.4, 0.5) is 0 Å². The number of benzene rings is 1. The molecule has 1 aromatic rings. The summed E-state index contributed by atoms with van der Waals surface area (Å²) in [5.74, 6) is -0.443. The third-order valence-electron chi connectivity index (χ3n) is 1.37. The Balaban J connectivity index is 2.83. The zero-order valence-electron chi connectivity index (χ0n) is 6.46. The Labute approximate surface area is 91.4 Å². The second kappa shape index (κ2) is 4.74. The fourth-order valence-corrected chi connectivity index (χ4v) is 1.55. The Morgan fingerprint density at radius 3 is 2.31 bits per heavy atom. The number of hydrogen-bond donors (Lipinski definition) is 1. The van der Waals surface area contributed by atoms with E-state index in [2.05, 4.69) is 17.1 Å². The number of rotatable bonds is 2. The Bertz CT molecular complexity index is 308. The molecule has 0 unspecified atom stereocenters. The molecule has 5 heteroatoms. The van der Waals surface area contributed by atoms with Crippen molar-refractivity contribution in [3.05, 3.63) is 33.8 Å². The van der Waals surface area contributed by atoms with Crippen LogP contribution in [0.5, 0.6) is 0 Å². The molecule has 13 heavy (non-hydrogen) atoms. The first-order chi connectivity index (χ1) is 6.11. The topological polar surface area (TPSA) is 26.3 Å². The molecule has 0 bridgehead atoms. The Hall–Kier alpha value is -0.380. The summed E-state index contributed by atoms with van der Waals surface area (Å²) in [6.45, 7) is 0. The van der Waals surface area contributed by atoms with Gasteiger partial charge in [0.2, 0.25) is 0 Å². The molecule has 70 valence electrons. The summed E-state index contributed by atoms with van der Waals surface area (Å²) in [7, 11) is 0. The average Bonchev–Trinajstić information content (AvgIpc) is 2.02. The molecule has 0 saturated heterocycles. The van der Waals surface area contributed by atoms with Gasteiger partial charge in [0, 0.05) is 23.0 Å². The van der Waals surface area contributed by atoms with Crippen LogP contribution in [0.25, 0.3) is 0 Å². The zero-order valence-corrected chi connectivity index (χ0v) is 8.87. The standard InChI is InChI=1S/C8H6Cl2O2S/c9-6-1-5(2-7(10)4-6)3-8(11)12-13/h1-2,4,13H,3H2. The predicted octanol–water partition coefficient (Wildman–Crippen LogP) is 2.92. The quantitative estimate of drug-likeness (QED) is 0.632. The lowest BCUT2D eigenvalue weighted by atomic mass is 10.1. The second-order valence-electron chi connectivity index (χ2n) is 2.42. The maximum absolute atomic E-state index is 10.8. The van der Waals surface area contributed by atoms with Crippen molar-refractivity contribution >= 4 is 42.1 Å². The molecule has 0 N–H and O–H groups in total. The smallest absolute Gasteiger partial charge is 0.322 e. The van der Waals surface area contributed by atoms with Crippen molar-refractivity contribution in [2.75, 3.05) is 0 Å². The molecule has 2 nitrogen and oxygen atoms in total. The predicted molar refractivity (Wildman–Crippen MR) is 55.2 cm³/mol. The van der Waals surface area contributed by atoms with Crippen LogP contribution in [0.1, 0.15) is 5.56 Å². The summed E-state index contributed by atoms with van der Waals surface area (Å²) in [6.07, 6.45) is 0.115. The van der Waals surface area contributed by atoms with Gasteiger partial charge in [-0.3, -0.25) is 4.79 Å². The zero-order chi connectivity index (χ0) is 9.84. The van der Waals surface area contributed by atoms with Crippen molar-refractivity contribution in [2.24, 2.45) is 0 Å². The molecule has 0 fully saturated rings. The fourth-order valence-electron chi connectivity index (χ4n) is 0.912. The van der Waals surface area contributed by atoms with Crippen molar-refractivity contribution in [1.29, 1.82) is 0 Å². The number of thiol groups is 1. The van der Waals surface area contributed by atoms with Crippen molar-refractivity contribution in [2.45, 2.75) is 6.42 Å². The highest BCUT2D eigenvalue weighted by atomic mass is 35.5. The molecule has 0 aliphatic rings. The largest absolute Gasteiger partial charge is 0.394 e.